The van der Waals surface area contributed by atoms with E-state index < -0.39 is 5.97 Å². The molecule has 174 valence electrons. The molecule has 4 heteroatoms. The minimum Gasteiger partial charge on any atom is -0.417 e. The molecule has 4 nitrogen and oxygen atoms in total. The second-order valence-corrected chi connectivity index (χ2v) is 7.43. The van der Waals surface area contributed by atoms with Gasteiger partial charge in [0.25, 0.3) is 0 Å². The molecule has 1 aromatic carbocycles. The maximum Gasteiger partial charge on any atom is 0.390 e. The first-order valence-electron chi connectivity index (χ1n) is 11.3. The van der Waals surface area contributed by atoms with Crippen molar-refractivity contribution >= 4 is 5.97 Å². The number of hydrogen-bond acceptors (Lipinski definition) is 4. The van der Waals surface area contributed by atoms with Gasteiger partial charge in [0.2, 0.25) is 0 Å². The van der Waals surface area contributed by atoms with Crippen molar-refractivity contribution in [2.75, 3.05) is 0 Å². The van der Waals surface area contributed by atoms with E-state index in [-0.39, 0.29) is 7.13 Å². The molecule has 0 saturated heterocycles. The number of aromatic nitrogens is 2. The van der Waals surface area contributed by atoms with Gasteiger partial charge in [-0.2, -0.15) is 0 Å². The minimum absolute atomic E-state index is 0. The smallest absolute Gasteiger partial charge is 0.390 e. The molecule has 1 aromatic heterocycles. The molecular weight excluding hydrogens is 396 g/mol. The van der Waals surface area contributed by atoms with Crippen LogP contribution in [0.15, 0.2) is 36.7 Å². The fourth-order valence-corrected chi connectivity index (χ4v) is 3.11. The van der Waals surface area contributed by atoms with Crippen molar-refractivity contribution in [1.29, 1.82) is 0 Å². The molecule has 0 spiro atoms. The Hall–Kier alpha value is -3.55. The lowest BCUT2D eigenvalue weighted by atomic mass is 10.1. The fraction of sp³-hybridized carbons (Fsp3) is 0.393. The van der Waals surface area contributed by atoms with Gasteiger partial charge in [0, 0.05) is 31.0 Å². The maximum absolute atomic E-state index is 11.7. The number of carbonyl (C=O) groups is 1. The third-order valence-electron chi connectivity index (χ3n) is 4.82. The summed E-state index contributed by atoms with van der Waals surface area (Å²) >= 11 is 0. The number of carbonyl (C=O) groups excluding carboxylic acids is 1. The number of rotatable bonds is 11. The molecule has 0 radical (unpaired) electrons. The monoisotopic (exact) mass is 436 g/mol. The van der Waals surface area contributed by atoms with Crippen LogP contribution in [0.25, 0.3) is 11.4 Å². The Kier molecular flexibility index (Phi) is 11.8. The average molecular weight is 437 g/mol. The van der Waals surface area contributed by atoms with Crippen molar-refractivity contribution in [3.8, 4) is 52.7 Å². The molecule has 0 aliphatic rings. The maximum atomic E-state index is 11.7. The standard InChI is InChI=1S/C28H30N2O2.5H2/c1-3-5-7-9-10-11-13-14-16-24-22-29-28(30-23-24)25-18-20-26(21-19-25)32-27(31)17-15-12-8-6-4-2;;;;;/h18-23H,3,5,7,9-11,13-14,16H2,1-2H3;5*1H. The lowest BCUT2D eigenvalue weighted by Crippen LogP contribution is -2.04. The molecule has 0 aliphatic heterocycles. The highest BCUT2D eigenvalue weighted by Crippen LogP contribution is 2.19. The van der Waals surface area contributed by atoms with Crippen LogP contribution in [-0.2, 0) is 11.2 Å². The Bertz CT molecular complexity index is 1040. The Balaban J connectivity index is -0.00000109. The number of nitrogens with zero attached hydrogens (tertiary/aromatic N) is 2. The zero-order valence-corrected chi connectivity index (χ0v) is 19.0. The van der Waals surface area contributed by atoms with Crippen LogP contribution < -0.4 is 4.74 Å². The first-order valence-corrected chi connectivity index (χ1v) is 11.3. The van der Waals surface area contributed by atoms with E-state index in [0.717, 1.165) is 17.5 Å². The van der Waals surface area contributed by atoms with Crippen LogP contribution in [0.5, 0.6) is 5.75 Å². The third kappa shape index (κ3) is 9.97. The summed E-state index contributed by atoms with van der Waals surface area (Å²) in [5.41, 5.74) is 2.02. The van der Waals surface area contributed by atoms with Gasteiger partial charge in [-0.3, -0.25) is 0 Å². The van der Waals surface area contributed by atoms with Crippen molar-refractivity contribution in [2.24, 2.45) is 0 Å². The van der Waals surface area contributed by atoms with Gasteiger partial charge in [-0.15, -0.1) is 0 Å². The fourth-order valence-electron chi connectivity index (χ4n) is 3.11. The quantitative estimate of drug-likeness (QED) is 0.125. The summed E-state index contributed by atoms with van der Waals surface area (Å²) in [5, 5.41) is 0. The molecule has 0 aliphatic carbocycles. The topological polar surface area (TPSA) is 52.1 Å². The molecule has 2 aromatic rings. The van der Waals surface area contributed by atoms with Crippen LogP contribution in [0.1, 0.15) is 77.9 Å². The van der Waals surface area contributed by atoms with Crippen LogP contribution in [0.3, 0.4) is 0 Å². The van der Waals surface area contributed by atoms with E-state index in [1.807, 2.05) is 24.5 Å². The lowest BCUT2D eigenvalue weighted by molar-refractivity contribution is -0.128. The summed E-state index contributed by atoms with van der Waals surface area (Å²) in [6.45, 7) is 3.93. The van der Waals surface area contributed by atoms with Gasteiger partial charge in [0.05, 0.1) is 0 Å². The molecule has 32 heavy (non-hydrogen) atoms. The van der Waals surface area contributed by atoms with E-state index in [0.29, 0.717) is 11.6 Å². The van der Waals surface area contributed by atoms with Crippen LogP contribution >= 0.6 is 0 Å². The summed E-state index contributed by atoms with van der Waals surface area (Å²) in [7, 11) is 0. The predicted octanol–water partition coefficient (Wildman–Crippen LogP) is 6.99. The Morgan fingerprint density at radius 3 is 2.16 bits per heavy atom. The van der Waals surface area contributed by atoms with E-state index in [9.17, 15) is 4.79 Å². The van der Waals surface area contributed by atoms with Crippen molar-refractivity contribution in [3.63, 3.8) is 0 Å². The minimum atomic E-state index is -0.668. The second-order valence-electron chi connectivity index (χ2n) is 7.43. The van der Waals surface area contributed by atoms with Crippen LogP contribution in [-0.4, -0.2) is 15.9 Å². The molecule has 0 atom stereocenters. The van der Waals surface area contributed by atoms with E-state index in [2.05, 4.69) is 52.4 Å². The third-order valence-corrected chi connectivity index (χ3v) is 4.82. The van der Waals surface area contributed by atoms with E-state index in [1.165, 1.54) is 51.4 Å². The van der Waals surface area contributed by atoms with Crippen molar-refractivity contribution in [2.45, 2.75) is 71.6 Å². The number of ether oxygens (including phenoxy) is 1. The first kappa shape index (κ1) is 24.7. The zero-order valence-electron chi connectivity index (χ0n) is 19.0. The molecule has 0 amide bonds. The normalized spacial score (nSPS) is 9.44. The van der Waals surface area contributed by atoms with Crippen LogP contribution in [0.4, 0.5) is 0 Å². The lowest BCUT2D eigenvalue weighted by Gasteiger charge is -2.05. The summed E-state index contributed by atoms with van der Waals surface area (Å²) in [6, 6.07) is 7.03. The summed E-state index contributed by atoms with van der Waals surface area (Å²) in [6.07, 6.45) is 15.3. The van der Waals surface area contributed by atoms with Crippen LogP contribution in [0.2, 0.25) is 0 Å². The van der Waals surface area contributed by atoms with Crippen LogP contribution in [0, 0.1) is 35.5 Å². The molecule has 1 heterocycles. The summed E-state index contributed by atoms with van der Waals surface area (Å²) < 4.78 is 5.17. The molecule has 0 fully saturated rings. The second kappa shape index (κ2) is 15.3. The van der Waals surface area contributed by atoms with Gasteiger partial charge in [0.1, 0.15) is 5.75 Å². The largest absolute Gasteiger partial charge is 0.417 e. The average Bonchev–Trinajstić information content (AvgIpc) is 2.81. The van der Waals surface area contributed by atoms with Gasteiger partial charge >= 0.3 is 5.97 Å². The highest BCUT2D eigenvalue weighted by atomic mass is 16.5. The number of esters is 1. The van der Waals surface area contributed by atoms with Crippen molar-refractivity contribution in [1.82, 2.24) is 9.97 Å². The highest BCUT2D eigenvalue weighted by molar-refractivity contribution is 5.90. The first-order chi connectivity index (χ1) is 15.7. The highest BCUT2D eigenvalue weighted by Gasteiger charge is 2.05. The van der Waals surface area contributed by atoms with E-state index in [1.54, 1.807) is 19.1 Å². The van der Waals surface area contributed by atoms with E-state index >= 15 is 0 Å². The molecular formula is C28H40N2O2. The number of hydrogen-bond donors (Lipinski definition) is 0. The van der Waals surface area contributed by atoms with Gasteiger partial charge in [-0.1, -0.05) is 57.8 Å². The number of unbranched alkanes of at least 4 members (excludes halogenated alkanes) is 7. The number of benzene rings is 1. The van der Waals surface area contributed by atoms with Crippen molar-refractivity contribution < 1.29 is 16.7 Å². The van der Waals surface area contributed by atoms with E-state index in [4.69, 9.17) is 4.74 Å². The molecule has 0 N–H and O–H groups in total. The molecule has 0 saturated carbocycles. The summed E-state index contributed by atoms with van der Waals surface area (Å²) in [4.78, 5) is 20.7. The van der Waals surface area contributed by atoms with Gasteiger partial charge < -0.3 is 4.74 Å². The Labute approximate surface area is 199 Å². The molecule has 0 unspecified atom stereocenters. The van der Waals surface area contributed by atoms with Gasteiger partial charge in [0.15, 0.2) is 5.82 Å². The predicted molar refractivity (Wildman–Crippen MR) is 139 cm³/mol. The molecule has 2 rings (SSSR count). The summed E-state index contributed by atoms with van der Waals surface area (Å²) in [5.74, 6) is 15.2. The van der Waals surface area contributed by atoms with Gasteiger partial charge in [-0.25, -0.2) is 14.8 Å². The Morgan fingerprint density at radius 2 is 1.50 bits per heavy atom. The zero-order chi connectivity index (χ0) is 22.9. The van der Waals surface area contributed by atoms with Gasteiger partial charge in [-0.05, 0) is 73.3 Å². The van der Waals surface area contributed by atoms with Crippen molar-refractivity contribution in [3.05, 3.63) is 42.2 Å². The molecule has 0 bridgehead atoms. The number of aryl methyl sites for hydroxylation is 1. The Morgan fingerprint density at radius 1 is 0.875 bits per heavy atom. The SMILES string of the molecule is CC#CC#CC#CC(=O)Oc1ccc(-c2ncc(CCCCCCCCCC)cn2)cc1.[HH].[HH].[HH].[HH].[HH].